The highest BCUT2D eigenvalue weighted by atomic mass is 31.2. The van der Waals surface area contributed by atoms with Crippen LogP contribution >= 0.6 is 15.2 Å². The highest BCUT2D eigenvalue weighted by Crippen LogP contribution is 2.61. The van der Waals surface area contributed by atoms with Crippen LogP contribution < -0.4 is 9.79 Å². The van der Waals surface area contributed by atoms with Gasteiger partial charge in [-0.05, 0) is 12.8 Å². The number of hydrogen-bond donors (Lipinski definition) is 2. The normalized spacial score (nSPS) is 18.4. The molecule has 0 amide bonds. The van der Waals surface area contributed by atoms with E-state index < -0.39 is 101 Å². The fourth-order valence-corrected chi connectivity index (χ4v) is 3.01. The molecule has 242 valence electrons. The van der Waals surface area contributed by atoms with Crippen molar-refractivity contribution in [1.82, 2.24) is 0 Å². The zero-order valence-corrected chi connectivity index (χ0v) is 20.3. The largest absolute Gasteiger partial charge is 0.774 e. The van der Waals surface area contributed by atoms with Gasteiger partial charge in [-0.25, -0.2) is 9.47 Å². The summed E-state index contributed by atoms with van der Waals surface area (Å²) in [7, 11) is -15.0. The maximum Gasteiger partial charge on any atom is 0.432 e. The molecule has 0 radical (unpaired) electrons. The molecule has 0 aromatic rings. The van der Waals surface area contributed by atoms with Crippen LogP contribution in [0.4, 0.5) is 70.2 Å². The van der Waals surface area contributed by atoms with E-state index in [2.05, 4.69) is 0 Å². The lowest BCUT2D eigenvalue weighted by Gasteiger charge is -2.36. The molecule has 0 bridgehead atoms. The lowest BCUT2D eigenvalue weighted by atomic mass is 10.0. The second-order valence-corrected chi connectivity index (χ2v) is 10.9. The molecular weight excluding hydrogens is 662 g/mol. The molecule has 8 nitrogen and oxygen atoms in total. The third kappa shape index (κ3) is 8.35. The lowest BCUT2D eigenvalue weighted by Crippen LogP contribution is -2.54. The van der Waals surface area contributed by atoms with Crippen molar-refractivity contribution in [2.75, 3.05) is 0 Å². The zero-order chi connectivity index (χ0) is 32.7. The standard InChI is InChI=1S/C14H16F16O8P2/c15-7(16,9(19,20)37-11(23,24)13(27,28)39(31,32)33)5-3-1-2-4-6-8(17,18)10(21,22)38-12(25,26)14(29,30)40(34,35)36/h1-6H2,(H2,31,32,33)(H2,34,35,36)/p-2. The number of ether oxygens (including phenoxy) is 2. The molecule has 0 aromatic heterocycles. The van der Waals surface area contributed by atoms with Crippen molar-refractivity contribution in [2.45, 2.75) is 86.1 Å². The van der Waals surface area contributed by atoms with Crippen molar-refractivity contribution in [3.05, 3.63) is 0 Å². The Kier molecular flexibility index (Phi) is 11.4. The van der Waals surface area contributed by atoms with Crippen LogP contribution in [-0.4, -0.2) is 57.4 Å². The second-order valence-electron chi connectivity index (χ2n) is 7.72. The first-order valence-corrected chi connectivity index (χ1v) is 12.8. The van der Waals surface area contributed by atoms with Crippen LogP contribution in [0, 0.1) is 0 Å². The van der Waals surface area contributed by atoms with Crippen molar-refractivity contribution in [2.24, 2.45) is 0 Å². The molecule has 0 aliphatic carbocycles. The van der Waals surface area contributed by atoms with Gasteiger partial charge in [0.05, 0.1) is 0 Å². The molecule has 2 atom stereocenters. The van der Waals surface area contributed by atoms with E-state index in [1.807, 2.05) is 9.47 Å². The van der Waals surface area contributed by atoms with Crippen LogP contribution in [-0.2, 0) is 18.6 Å². The van der Waals surface area contributed by atoms with Crippen LogP contribution in [0.25, 0.3) is 0 Å². The van der Waals surface area contributed by atoms with E-state index >= 15 is 0 Å². The fourth-order valence-electron chi connectivity index (χ4n) is 2.26. The Bertz CT molecular complexity index is 887. The predicted molar refractivity (Wildman–Crippen MR) is 89.1 cm³/mol. The summed E-state index contributed by atoms with van der Waals surface area (Å²) in [6.45, 7) is 0. The molecule has 0 heterocycles. The van der Waals surface area contributed by atoms with E-state index in [0.717, 1.165) is 0 Å². The molecule has 0 aliphatic heterocycles. The summed E-state index contributed by atoms with van der Waals surface area (Å²) >= 11 is 0. The van der Waals surface area contributed by atoms with Crippen LogP contribution in [0.1, 0.15) is 38.5 Å². The highest BCUT2D eigenvalue weighted by molar-refractivity contribution is 7.52. The first-order chi connectivity index (χ1) is 17.1. The molecule has 0 fully saturated rings. The van der Waals surface area contributed by atoms with Gasteiger partial charge in [-0.1, -0.05) is 12.8 Å². The molecule has 0 saturated heterocycles. The van der Waals surface area contributed by atoms with Crippen molar-refractivity contribution in [1.29, 1.82) is 0 Å². The van der Waals surface area contributed by atoms with Gasteiger partial charge in [0.2, 0.25) is 15.2 Å². The fraction of sp³-hybridized carbons (Fsp3) is 1.00. The Balaban J connectivity index is 5.12. The minimum absolute atomic E-state index is 0.967. The number of alkyl halides is 16. The number of rotatable bonds is 17. The Hall–Kier alpha value is -0.900. The molecule has 26 heteroatoms. The van der Waals surface area contributed by atoms with Crippen LogP contribution in [0.2, 0.25) is 0 Å². The average Bonchev–Trinajstić information content (AvgIpc) is 2.66. The minimum Gasteiger partial charge on any atom is -0.774 e. The highest BCUT2D eigenvalue weighted by Gasteiger charge is 2.73. The SMILES string of the molecule is O=P([O-])(O)C(F)(F)C(F)(F)OC(F)(F)C(F)(F)CCCCCCC(F)(F)C(F)(F)OC(F)(F)C(F)(F)P(=O)([O-])O. The van der Waals surface area contributed by atoms with Crippen LogP contribution in [0.3, 0.4) is 0 Å². The quantitative estimate of drug-likeness (QED) is 0.121. The summed E-state index contributed by atoms with van der Waals surface area (Å²) < 4.78 is 236. The first kappa shape index (κ1) is 39.1. The van der Waals surface area contributed by atoms with Gasteiger partial charge >= 0.3 is 47.6 Å². The van der Waals surface area contributed by atoms with Crippen molar-refractivity contribution < 1.29 is 108 Å². The summed E-state index contributed by atoms with van der Waals surface area (Å²) in [6, 6.07) is 0. The molecule has 0 spiro atoms. The van der Waals surface area contributed by atoms with Gasteiger partial charge in [0.1, 0.15) is 0 Å². The van der Waals surface area contributed by atoms with E-state index in [1.54, 1.807) is 0 Å². The van der Waals surface area contributed by atoms with E-state index in [9.17, 15) is 89.2 Å². The predicted octanol–water partition coefficient (Wildman–Crippen LogP) is 5.28. The lowest BCUT2D eigenvalue weighted by molar-refractivity contribution is -0.461. The Labute approximate surface area is 210 Å². The molecular formula is C14H14F16O8P2-2. The summed E-state index contributed by atoms with van der Waals surface area (Å²) in [5, 5.41) is 0. The van der Waals surface area contributed by atoms with E-state index in [-0.39, 0.29) is 0 Å². The Morgan fingerprint density at radius 1 is 0.475 bits per heavy atom. The third-order valence-electron chi connectivity index (χ3n) is 4.51. The first-order valence-electron chi connectivity index (χ1n) is 9.62. The molecule has 0 aromatic carbocycles. The number of halogens is 16. The maximum absolute atomic E-state index is 13.5. The van der Waals surface area contributed by atoms with Crippen LogP contribution in [0.5, 0.6) is 0 Å². The molecule has 2 unspecified atom stereocenters. The van der Waals surface area contributed by atoms with Gasteiger partial charge in [-0.15, -0.1) is 0 Å². The average molecular weight is 676 g/mol. The third-order valence-corrected chi connectivity index (χ3v) is 6.45. The maximum atomic E-state index is 13.5. The van der Waals surface area contributed by atoms with E-state index in [0.29, 0.717) is 0 Å². The molecule has 40 heavy (non-hydrogen) atoms. The topological polar surface area (TPSA) is 139 Å². The molecule has 0 aliphatic rings. The Morgan fingerprint density at radius 2 is 0.700 bits per heavy atom. The summed E-state index contributed by atoms with van der Waals surface area (Å²) in [4.78, 5) is 36.4. The smallest absolute Gasteiger partial charge is 0.432 e. The molecule has 0 rings (SSSR count). The summed E-state index contributed by atoms with van der Waals surface area (Å²) in [5.74, 6) is -11.6. The van der Waals surface area contributed by atoms with E-state index in [1.165, 1.54) is 0 Å². The van der Waals surface area contributed by atoms with Crippen LogP contribution in [0.15, 0.2) is 0 Å². The van der Waals surface area contributed by atoms with Gasteiger partial charge in [-0.3, -0.25) is 0 Å². The Morgan fingerprint density at radius 3 is 0.900 bits per heavy atom. The summed E-state index contributed by atoms with van der Waals surface area (Å²) in [5.41, 5.74) is -13.6. The monoisotopic (exact) mass is 676 g/mol. The molecule has 2 N–H and O–H groups in total. The van der Waals surface area contributed by atoms with Crippen molar-refractivity contribution in [3.63, 3.8) is 0 Å². The van der Waals surface area contributed by atoms with E-state index in [4.69, 9.17) is 9.79 Å². The summed E-state index contributed by atoms with van der Waals surface area (Å²) in [6.07, 6.45) is -36.1. The van der Waals surface area contributed by atoms with Gasteiger partial charge < -0.3 is 28.7 Å². The number of hydrogen-bond acceptors (Lipinski definition) is 6. The van der Waals surface area contributed by atoms with Crippen molar-refractivity contribution >= 4 is 15.2 Å². The second kappa shape index (κ2) is 11.6. The molecule has 0 saturated carbocycles. The zero-order valence-electron chi connectivity index (χ0n) is 18.5. The minimum atomic E-state index is -7.49. The number of unbranched alkanes of at least 4 members (excludes halogenated alkanes) is 3. The van der Waals surface area contributed by atoms with Crippen molar-refractivity contribution in [3.8, 4) is 0 Å². The van der Waals surface area contributed by atoms with Gasteiger partial charge in [0.15, 0.2) is 0 Å². The van der Waals surface area contributed by atoms with Gasteiger partial charge in [0, 0.05) is 12.8 Å². The van der Waals surface area contributed by atoms with Gasteiger partial charge in [0.25, 0.3) is 0 Å². The van der Waals surface area contributed by atoms with Gasteiger partial charge in [-0.2, -0.15) is 70.2 Å².